The third-order valence-corrected chi connectivity index (χ3v) is 7.82. The lowest BCUT2D eigenvalue weighted by Crippen LogP contribution is -2.22. The van der Waals surface area contributed by atoms with Gasteiger partial charge in [0.1, 0.15) is 0 Å². The lowest BCUT2D eigenvalue weighted by molar-refractivity contribution is -0.137. The number of hydrogen-bond donors (Lipinski definition) is 1. The number of carbonyl (C=O) groups is 1. The molecule has 36 heavy (non-hydrogen) atoms. The molecule has 4 rings (SSSR count). The van der Waals surface area contributed by atoms with Crippen molar-refractivity contribution in [2.24, 2.45) is 0 Å². The molecule has 5 nitrogen and oxygen atoms in total. The van der Waals surface area contributed by atoms with E-state index in [0.29, 0.717) is 18.5 Å². The maximum absolute atomic E-state index is 12.7. The van der Waals surface area contributed by atoms with E-state index < -0.39 is 21.6 Å². The second-order valence-electron chi connectivity index (χ2n) is 8.46. The minimum absolute atomic E-state index is 0.0301. The zero-order chi connectivity index (χ0) is 25.9. The highest BCUT2D eigenvalue weighted by Crippen LogP contribution is 2.29. The first-order chi connectivity index (χ1) is 17.1. The van der Waals surface area contributed by atoms with Crippen LogP contribution in [0.1, 0.15) is 34.0 Å². The molecule has 1 heterocycles. The van der Waals surface area contributed by atoms with E-state index in [4.69, 9.17) is 0 Å². The molecule has 0 saturated carbocycles. The number of halogens is 3. The van der Waals surface area contributed by atoms with E-state index in [2.05, 4.69) is 5.32 Å². The van der Waals surface area contributed by atoms with E-state index >= 15 is 0 Å². The lowest BCUT2D eigenvalue weighted by atomic mass is 10.1. The molecule has 4 aromatic rings. The molecule has 0 bridgehead atoms. The summed E-state index contributed by atoms with van der Waals surface area (Å²) in [6.07, 6.45) is -1.88. The van der Waals surface area contributed by atoms with Crippen LogP contribution in [0, 0.1) is 0 Å². The number of aromatic nitrogens is 1. The van der Waals surface area contributed by atoms with Crippen molar-refractivity contribution in [3.63, 3.8) is 0 Å². The standard InChI is InChI=1S/C27H25F3N2O3S/c1-2-36(34,35)24-10-5-20(6-11-24)18-31-26(33)22-7-12-25-21(17-22)14-16-32(25)15-13-19-3-8-23(9-4-19)27(28,29)30/h3-12,14,16-17H,2,13,15,18H2,1H3,(H,31,33). The van der Waals surface area contributed by atoms with Gasteiger partial charge in [-0.3, -0.25) is 4.79 Å². The van der Waals surface area contributed by atoms with Gasteiger partial charge in [-0.1, -0.05) is 31.2 Å². The molecule has 188 valence electrons. The molecular formula is C27H25F3N2O3S. The van der Waals surface area contributed by atoms with E-state index in [1.165, 1.54) is 12.1 Å². The summed E-state index contributed by atoms with van der Waals surface area (Å²) in [6, 6.07) is 18.9. The van der Waals surface area contributed by atoms with Crippen LogP contribution in [-0.2, 0) is 35.5 Å². The first-order valence-corrected chi connectivity index (χ1v) is 13.1. The van der Waals surface area contributed by atoms with Gasteiger partial charge in [-0.2, -0.15) is 13.2 Å². The third kappa shape index (κ3) is 5.79. The molecule has 0 saturated heterocycles. The van der Waals surface area contributed by atoms with Crippen LogP contribution in [0.15, 0.2) is 83.9 Å². The van der Waals surface area contributed by atoms with Gasteiger partial charge < -0.3 is 9.88 Å². The van der Waals surface area contributed by atoms with Crippen LogP contribution in [0.3, 0.4) is 0 Å². The predicted molar refractivity (Wildman–Crippen MR) is 132 cm³/mol. The minimum Gasteiger partial charge on any atom is -0.348 e. The minimum atomic E-state index is -4.35. The van der Waals surface area contributed by atoms with Gasteiger partial charge in [-0.25, -0.2) is 8.42 Å². The molecule has 0 atom stereocenters. The number of fused-ring (bicyclic) bond motifs is 1. The van der Waals surface area contributed by atoms with Crippen LogP contribution >= 0.6 is 0 Å². The number of rotatable bonds is 8. The smallest absolute Gasteiger partial charge is 0.348 e. The van der Waals surface area contributed by atoms with Gasteiger partial charge in [0.15, 0.2) is 9.84 Å². The maximum Gasteiger partial charge on any atom is 0.416 e. The van der Waals surface area contributed by atoms with Crippen molar-refractivity contribution in [3.05, 3.63) is 101 Å². The number of nitrogens with zero attached hydrogens (tertiary/aromatic N) is 1. The average molecular weight is 515 g/mol. The van der Waals surface area contributed by atoms with Gasteiger partial charge in [0.05, 0.1) is 16.2 Å². The molecular weight excluding hydrogens is 489 g/mol. The summed E-state index contributed by atoms with van der Waals surface area (Å²) in [7, 11) is -3.27. The number of alkyl halides is 3. The fourth-order valence-corrected chi connectivity index (χ4v) is 4.80. The molecule has 0 aliphatic rings. The molecule has 0 spiro atoms. The average Bonchev–Trinajstić information content (AvgIpc) is 3.28. The highest BCUT2D eigenvalue weighted by Gasteiger charge is 2.29. The molecule has 1 N–H and O–H groups in total. The second-order valence-corrected chi connectivity index (χ2v) is 10.7. The van der Waals surface area contributed by atoms with E-state index in [-0.39, 0.29) is 23.1 Å². The van der Waals surface area contributed by atoms with E-state index in [0.717, 1.165) is 34.2 Å². The van der Waals surface area contributed by atoms with E-state index in [9.17, 15) is 26.4 Å². The topological polar surface area (TPSA) is 68.2 Å². The first-order valence-electron chi connectivity index (χ1n) is 11.4. The lowest BCUT2D eigenvalue weighted by Gasteiger charge is -2.09. The molecule has 0 aliphatic heterocycles. The van der Waals surface area contributed by atoms with Crippen molar-refractivity contribution in [2.45, 2.75) is 37.5 Å². The molecule has 0 radical (unpaired) electrons. The molecule has 1 amide bonds. The SMILES string of the molecule is CCS(=O)(=O)c1ccc(CNC(=O)c2ccc3c(ccn3CCc3ccc(C(F)(F)F)cc3)c2)cc1. The number of sulfone groups is 1. The van der Waals surface area contributed by atoms with Gasteiger partial charge >= 0.3 is 6.18 Å². The molecule has 3 aromatic carbocycles. The molecule has 0 unspecified atom stereocenters. The number of benzene rings is 3. The Balaban J connectivity index is 1.37. The number of amides is 1. The van der Waals surface area contributed by atoms with Crippen LogP contribution in [0.5, 0.6) is 0 Å². The highest BCUT2D eigenvalue weighted by atomic mass is 32.2. The Labute approximate surface area is 207 Å². The second kappa shape index (κ2) is 10.2. The van der Waals surface area contributed by atoms with Gasteiger partial charge in [0.25, 0.3) is 5.91 Å². The molecule has 9 heteroatoms. The Morgan fingerprint density at radius 3 is 2.22 bits per heavy atom. The third-order valence-electron chi connectivity index (χ3n) is 6.07. The maximum atomic E-state index is 12.7. The fourth-order valence-electron chi connectivity index (χ4n) is 3.91. The number of nitrogens with one attached hydrogen (secondary N) is 1. The Kier molecular flexibility index (Phi) is 7.21. The summed E-state index contributed by atoms with van der Waals surface area (Å²) >= 11 is 0. The summed E-state index contributed by atoms with van der Waals surface area (Å²) in [5, 5.41) is 3.72. The number of aryl methyl sites for hydroxylation is 2. The van der Waals surface area contributed by atoms with Crippen LogP contribution in [-0.4, -0.2) is 24.6 Å². The van der Waals surface area contributed by atoms with Gasteiger partial charge in [-0.15, -0.1) is 0 Å². The van der Waals surface area contributed by atoms with Crippen LogP contribution in [0.4, 0.5) is 13.2 Å². The molecule has 1 aromatic heterocycles. The summed E-state index contributed by atoms with van der Waals surface area (Å²) in [4.78, 5) is 12.9. The summed E-state index contributed by atoms with van der Waals surface area (Å²) in [5.41, 5.74) is 2.35. The Morgan fingerprint density at radius 2 is 1.58 bits per heavy atom. The van der Waals surface area contributed by atoms with Gasteiger partial charge in [-0.05, 0) is 66.1 Å². The van der Waals surface area contributed by atoms with Crippen LogP contribution in [0.2, 0.25) is 0 Å². The Bertz CT molecular complexity index is 1470. The molecule has 0 fully saturated rings. The van der Waals surface area contributed by atoms with Gasteiger partial charge in [0, 0.05) is 35.8 Å². The zero-order valence-corrected chi connectivity index (χ0v) is 20.4. The van der Waals surface area contributed by atoms with Gasteiger partial charge in [0.2, 0.25) is 0 Å². The fraction of sp³-hybridized carbons (Fsp3) is 0.222. The normalized spacial score (nSPS) is 12.1. The quantitative estimate of drug-likeness (QED) is 0.332. The van der Waals surface area contributed by atoms with Crippen LogP contribution in [0.25, 0.3) is 10.9 Å². The summed E-state index contributed by atoms with van der Waals surface area (Å²) in [6.45, 7) is 2.44. The number of hydrogen-bond acceptors (Lipinski definition) is 3. The highest BCUT2D eigenvalue weighted by molar-refractivity contribution is 7.91. The Hall–Kier alpha value is -3.59. The number of carbonyl (C=O) groups excluding carboxylic acids is 1. The van der Waals surface area contributed by atoms with Crippen molar-refractivity contribution in [3.8, 4) is 0 Å². The molecule has 0 aliphatic carbocycles. The van der Waals surface area contributed by atoms with Crippen molar-refractivity contribution in [1.82, 2.24) is 9.88 Å². The predicted octanol–water partition coefficient (Wildman–Crippen LogP) is 5.63. The first kappa shape index (κ1) is 25.5. The zero-order valence-electron chi connectivity index (χ0n) is 19.5. The van der Waals surface area contributed by atoms with E-state index in [1.54, 1.807) is 43.3 Å². The van der Waals surface area contributed by atoms with Crippen molar-refractivity contribution < 1.29 is 26.4 Å². The van der Waals surface area contributed by atoms with Crippen molar-refractivity contribution in [2.75, 3.05) is 5.75 Å². The largest absolute Gasteiger partial charge is 0.416 e. The van der Waals surface area contributed by atoms with Crippen molar-refractivity contribution >= 4 is 26.6 Å². The summed E-state index contributed by atoms with van der Waals surface area (Å²) < 4.78 is 64.1. The Morgan fingerprint density at radius 1 is 0.917 bits per heavy atom. The van der Waals surface area contributed by atoms with Crippen LogP contribution < -0.4 is 5.32 Å². The summed E-state index contributed by atoms with van der Waals surface area (Å²) in [5.74, 6) is -0.220. The van der Waals surface area contributed by atoms with E-state index in [1.807, 2.05) is 22.9 Å². The monoisotopic (exact) mass is 514 g/mol. The van der Waals surface area contributed by atoms with Crippen molar-refractivity contribution in [1.29, 1.82) is 0 Å².